The van der Waals surface area contributed by atoms with Crippen LogP contribution in [0.2, 0.25) is 10.0 Å². The van der Waals surface area contributed by atoms with E-state index in [1.165, 1.54) is 23.0 Å². The molecule has 0 radical (unpaired) electrons. The van der Waals surface area contributed by atoms with Crippen LogP contribution in [0.25, 0.3) is 11.4 Å². The lowest BCUT2D eigenvalue weighted by molar-refractivity contribution is -0.119. The number of rotatable bonds is 9. The van der Waals surface area contributed by atoms with Crippen LogP contribution in [0.5, 0.6) is 0 Å². The van der Waals surface area contributed by atoms with E-state index in [4.69, 9.17) is 23.2 Å². The summed E-state index contributed by atoms with van der Waals surface area (Å²) < 4.78 is 33.5. The molecule has 2 aromatic heterocycles. The van der Waals surface area contributed by atoms with Gasteiger partial charge in [-0.1, -0.05) is 59.6 Å². The van der Waals surface area contributed by atoms with Crippen molar-refractivity contribution in [2.75, 3.05) is 10.8 Å². The van der Waals surface area contributed by atoms with Gasteiger partial charge in [-0.25, -0.2) is 22.8 Å². The zero-order valence-corrected chi connectivity index (χ0v) is 27.2. The third-order valence-corrected chi connectivity index (χ3v) is 9.72. The van der Waals surface area contributed by atoms with E-state index in [0.717, 1.165) is 15.7 Å². The Balaban J connectivity index is 1.47. The average Bonchev–Trinajstić information content (AvgIpc) is 3.42. The molecule has 2 heterocycles. The second kappa shape index (κ2) is 12.8. The Bertz CT molecular complexity index is 2090. The summed E-state index contributed by atoms with van der Waals surface area (Å²) in [6, 6.07) is 23.5. The number of aryl methyl sites for hydroxylation is 1. The summed E-state index contributed by atoms with van der Waals surface area (Å²) in [4.78, 5) is 27.0. The molecule has 1 amide bonds. The van der Waals surface area contributed by atoms with E-state index in [9.17, 15) is 18.0 Å². The van der Waals surface area contributed by atoms with E-state index >= 15 is 0 Å². The van der Waals surface area contributed by atoms with Gasteiger partial charge < -0.3 is 4.57 Å². The number of amides is 1. The van der Waals surface area contributed by atoms with Gasteiger partial charge in [0, 0.05) is 29.0 Å². The Morgan fingerprint density at radius 1 is 0.933 bits per heavy atom. The van der Waals surface area contributed by atoms with E-state index in [1.54, 1.807) is 79.3 Å². The smallest absolute Gasteiger partial charge is 0.296 e. The van der Waals surface area contributed by atoms with Crippen LogP contribution >= 0.6 is 23.2 Å². The largest absolute Gasteiger partial charge is 0.316 e. The highest BCUT2D eigenvalue weighted by Crippen LogP contribution is 2.29. The molecule has 5 aromatic rings. The maximum Gasteiger partial charge on any atom is 0.296 e. The number of para-hydroxylation sites is 1. The van der Waals surface area contributed by atoms with Gasteiger partial charge in [-0.15, -0.1) is 0 Å². The maximum atomic E-state index is 13.9. The van der Waals surface area contributed by atoms with Crippen LogP contribution in [0.3, 0.4) is 0 Å². The van der Waals surface area contributed by atoms with Crippen LogP contribution in [0.15, 0.2) is 99.7 Å². The number of aromatic nitrogens is 3. The molecule has 0 bridgehead atoms. The molecule has 0 saturated heterocycles. The summed E-state index contributed by atoms with van der Waals surface area (Å²) in [5, 5.41) is 5.15. The van der Waals surface area contributed by atoms with E-state index in [1.807, 2.05) is 30.5 Å². The summed E-state index contributed by atoms with van der Waals surface area (Å²) >= 11 is 12.6. The molecule has 0 aliphatic carbocycles. The maximum absolute atomic E-state index is 13.9. The highest BCUT2D eigenvalue weighted by Gasteiger charge is 2.33. The fourth-order valence-electron chi connectivity index (χ4n) is 5.13. The lowest BCUT2D eigenvalue weighted by Gasteiger charge is -2.22. The molecule has 10 nitrogen and oxygen atoms in total. The minimum absolute atomic E-state index is 0.0673. The van der Waals surface area contributed by atoms with Gasteiger partial charge in [0.1, 0.15) is 12.2 Å². The van der Waals surface area contributed by atoms with Crippen molar-refractivity contribution >= 4 is 51.0 Å². The predicted octanol–water partition coefficient (Wildman–Crippen LogP) is 5.54. The van der Waals surface area contributed by atoms with Crippen molar-refractivity contribution < 1.29 is 13.2 Å². The number of nitrogens with one attached hydrogen (secondary N) is 1. The number of nitrogens with zero attached hydrogens (tertiary/aromatic N) is 5. The highest BCUT2D eigenvalue weighted by molar-refractivity contribution is 7.92. The number of hydrogen-bond donors (Lipinski definition) is 1. The number of anilines is 1. The summed E-state index contributed by atoms with van der Waals surface area (Å²) in [5.41, 5.74) is 5.62. The third kappa shape index (κ3) is 6.19. The van der Waals surface area contributed by atoms with Crippen LogP contribution in [0.1, 0.15) is 22.6 Å². The van der Waals surface area contributed by atoms with Crippen molar-refractivity contribution in [3.05, 3.63) is 128 Å². The Morgan fingerprint density at radius 3 is 2.24 bits per heavy atom. The molecule has 0 aliphatic rings. The molecule has 0 fully saturated rings. The molecular formula is C32H30Cl2N6O4S. The first kappa shape index (κ1) is 31.8. The molecule has 0 spiro atoms. The third-order valence-electron chi connectivity index (χ3n) is 7.40. The molecule has 0 aliphatic heterocycles. The quantitative estimate of drug-likeness (QED) is 0.165. The Kier molecular flexibility index (Phi) is 9.06. The first-order chi connectivity index (χ1) is 21.4. The van der Waals surface area contributed by atoms with Crippen LogP contribution in [0.4, 0.5) is 5.69 Å². The van der Waals surface area contributed by atoms with Crippen molar-refractivity contribution in [2.45, 2.75) is 25.7 Å². The lowest BCUT2D eigenvalue weighted by atomic mass is 10.2. The van der Waals surface area contributed by atoms with Crippen LogP contribution < -0.4 is 15.3 Å². The minimum Gasteiger partial charge on any atom is -0.316 e. The van der Waals surface area contributed by atoms with E-state index in [0.29, 0.717) is 32.7 Å². The van der Waals surface area contributed by atoms with Gasteiger partial charge in [-0.3, -0.25) is 14.3 Å². The number of benzene rings is 3. The number of hydrazone groups is 1. The fraction of sp³-hybridized carbons (Fsp3) is 0.156. The van der Waals surface area contributed by atoms with Gasteiger partial charge in [-0.05, 0) is 69.3 Å². The molecular weight excluding hydrogens is 635 g/mol. The van der Waals surface area contributed by atoms with Gasteiger partial charge in [0.15, 0.2) is 0 Å². The molecule has 13 heteroatoms. The van der Waals surface area contributed by atoms with Crippen LogP contribution in [-0.2, 0) is 21.9 Å². The van der Waals surface area contributed by atoms with Crippen molar-refractivity contribution in [3.8, 4) is 11.4 Å². The monoisotopic (exact) mass is 664 g/mol. The topological polar surface area (TPSA) is 111 Å². The number of carbonyl (C=O) groups is 1. The van der Waals surface area contributed by atoms with E-state index in [-0.39, 0.29) is 10.6 Å². The Hall–Kier alpha value is -4.58. The first-order valence-electron chi connectivity index (χ1n) is 13.8. The molecule has 5 rings (SSSR count). The molecule has 0 unspecified atom stereocenters. The van der Waals surface area contributed by atoms with Gasteiger partial charge in [0.2, 0.25) is 0 Å². The van der Waals surface area contributed by atoms with Crippen molar-refractivity contribution in [1.82, 2.24) is 19.4 Å². The Labute approximate surface area is 270 Å². The molecule has 232 valence electrons. The summed E-state index contributed by atoms with van der Waals surface area (Å²) in [5.74, 6) is -0.744. The molecule has 45 heavy (non-hydrogen) atoms. The summed E-state index contributed by atoms with van der Waals surface area (Å²) in [7, 11) is -2.69. The van der Waals surface area contributed by atoms with Crippen LogP contribution in [0, 0.1) is 20.8 Å². The van der Waals surface area contributed by atoms with Gasteiger partial charge in [0.05, 0.1) is 33.2 Å². The molecule has 1 N–H and O–H groups in total. The van der Waals surface area contributed by atoms with Gasteiger partial charge in [0.25, 0.3) is 21.5 Å². The van der Waals surface area contributed by atoms with Crippen molar-refractivity contribution in [2.24, 2.45) is 12.1 Å². The number of halogens is 2. The molecule has 0 saturated carbocycles. The zero-order valence-electron chi connectivity index (χ0n) is 24.9. The van der Waals surface area contributed by atoms with E-state index < -0.39 is 28.0 Å². The minimum atomic E-state index is -4.34. The first-order valence-corrected chi connectivity index (χ1v) is 16.0. The zero-order chi connectivity index (χ0) is 32.5. The molecule has 3 aromatic carbocycles. The van der Waals surface area contributed by atoms with Gasteiger partial charge in [-0.2, -0.15) is 5.10 Å². The second-order valence-electron chi connectivity index (χ2n) is 10.3. The van der Waals surface area contributed by atoms with E-state index in [2.05, 4.69) is 10.5 Å². The van der Waals surface area contributed by atoms with Gasteiger partial charge >= 0.3 is 0 Å². The normalized spacial score (nSPS) is 11.7. The SMILES string of the molecule is Cc1cc(/C=N/NC(=O)CN(c2c(C)n(C)n(-c3ccccc3)c2=O)S(=O)(=O)c2ccccc2)c(C)n1-c1cc(Cl)ccc1Cl. The lowest BCUT2D eigenvalue weighted by Crippen LogP contribution is -2.42. The predicted molar refractivity (Wildman–Crippen MR) is 178 cm³/mol. The van der Waals surface area contributed by atoms with Crippen LogP contribution in [-0.4, -0.2) is 41.0 Å². The highest BCUT2D eigenvalue weighted by atomic mass is 35.5. The van der Waals surface area contributed by atoms with Crippen molar-refractivity contribution in [1.29, 1.82) is 0 Å². The average molecular weight is 666 g/mol. The standard InChI is InChI=1S/C32H30Cl2N6O4S/c1-21-17-24(22(2)39(21)29-18-25(33)15-16-28(29)34)19-35-36-30(41)20-38(45(43,44)27-13-9-6-10-14-27)31-23(3)37(4)40(32(31)42)26-11-7-5-8-12-26/h5-19H,20H2,1-4H3,(H,36,41)/b35-19+. The number of carbonyl (C=O) groups excluding carboxylic acids is 1. The number of hydrogen-bond acceptors (Lipinski definition) is 5. The van der Waals surface area contributed by atoms with Crippen molar-refractivity contribution in [3.63, 3.8) is 0 Å². The fourth-order valence-corrected chi connectivity index (χ4v) is 6.99. The molecule has 0 atom stereocenters. The Morgan fingerprint density at radius 2 is 1.58 bits per heavy atom. The summed E-state index contributed by atoms with van der Waals surface area (Å²) in [6.45, 7) is 4.71. The second-order valence-corrected chi connectivity index (χ2v) is 13.0. The number of sulfonamides is 1. The summed E-state index contributed by atoms with van der Waals surface area (Å²) in [6.07, 6.45) is 1.46.